The van der Waals surface area contributed by atoms with Crippen LogP contribution in [0.3, 0.4) is 0 Å². The number of hydrogen-bond donors (Lipinski definition) is 0. The lowest BCUT2D eigenvalue weighted by Gasteiger charge is -2.47. The van der Waals surface area contributed by atoms with Gasteiger partial charge in [0.2, 0.25) is 0 Å². The number of likely N-dealkylation sites (tertiary alicyclic amines) is 1. The van der Waals surface area contributed by atoms with Gasteiger partial charge in [0.1, 0.15) is 0 Å². The van der Waals surface area contributed by atoms with Gasteiger partial charge in [0.15, 0.2) is 5.13 Å². The fourth-order valence-electron chi connectivity index (χ4n) is 3.31. The first-order valence-corrected chi connectivity index (χ1v) is 7.98. The molecule has 1 spiro atoms. The van der Waals surface area contributed by atoms with E-state index in [1.807, 2.05) is 28.6 Å². The van der Waals surface area contributed by atoms with Crippen LogP contribution in [0.4, 0.5) is 5.13 Å². The van der Waals surface area contributed by atoms with Crippen LogP contribution in [0.15, 0.2) is 36.1 Å². The molecule has 2 aromatic heterocycles. The molecule has 2 aliphatic heterocycles. The second-order valence-corrected chi connectivity index (χ2v) is 6.76. The van der Waals surface area contributed by atoms with E-state index in [2.05, 4.69) is 14.9 Å². The molecule has 6 heteroatoms. The van der Waals surface area contributed by atoms with Crippen molar-refractivity contribution < 1.29 is 4.79 Å². The molecule has 2 saturated heterocycles. The number of hydrogen-bond acceptors (Lipinski definition) is 5. The number of amides is 1. The highest BCUT2D eigenvalue weighted by molar-refractivity contribution is 7.13. The number of carbonyl (C=O) groups excluding carboxylic acids is 1. The van der Waals surface area contributed by atoms with E-state index in [4.69, 9.17) is 0 Å². The van der Waals surface area contributed by atoms with Crippen LogP contribution in [0.2, 0.25) is 0 Å². The molecular weight excluding hydrogens is 284 g/mol. The van der Waals surface area contributed by atoms with Gasteiger partial charge in [0.05, 0.1) is 5.56 Å². The molecule has 2 aliphatic rings. The Labute approximate surface area is 127 Å². The van der Waals surface area contributed by atoms with Crippen molar-refractivity contribution in [1.29, 1.82) is 0 Å². The summed E-state index contributed by atoms with van der Waals surface area (Å²) in [5.74, 6) is 0.0985. The molecule has 0 aliphatic carbocycles. The van der Waals surface area contributed by atoms with Gasteiger partial charge in [0.25, 0.3) is 5.91 Å². The lowest BCUT2D eigenvalue weighted by atomic mass is 9.79. The van der Waals surface area contributed by atoms with Gasteiger partial charge in [-0.05, 0) is 18.6 Å². The first-order chi connectivity index (χ1) is 10.3. The van der Waals surface area contributed by atoms with Gasteiger partial charge in [-0.15, -0.1) is 11.3 Å². The third-order valence-electron chi connectivity index (χ3n) is 4.38. The first-order valence-electron chi connectivity index (χ1n) is 7.10. The highest BCUT2D eigenvalue weighted by Gasteiger charge is 2.49. The summed E-state index contributed by atoms with van der Waals surface area (Å²) >= 11 is 1.69. The van der Waals surface area contributed by atoms with Gasteiger partial charge in [0, 0.05) is 55.6 Å². The van der Waals surface area contributed by atoms with Gasteiger partial charge in [-0.2, -0.15) is 0 Å². The van der Waals surface area contributed by atoms with Crippen LogP contribution in [0.1, 0.15) is 16.8 Å². The predicted octanol–water partition coefficient (Wildman–Crippen LogP) is 1.89. The smallest absolute Gasteiger partial charge is 0.255 e. The second-order valence-electron chi connectivity index (χ2n) is 5.89. The zero-order chi connectivity index (χ0) is 14.3. The van der Waals surface area contributed by atoms with Crippen molar-refractivity contribution in [1.82, 2.24) is 14.9 Å². The average Bonchev–Trinajstić information content (AvgIpc) is 3.15. The molecule has 0 aromatic carbocycles. The van der Waals surface area contributed by atoms with Crippen LogP contribution < -0.4 is 4.90 Å². The van der Waals surface area contributed by atoms with Crippen LogP contribution in [0, 0.1) is 5.41 Å². The number of thiazole rings is 1. The van der Waals surface area contributed by atoms with E-state index in [0.717, 1.165) is 37.7 Å². The van der Waals surface area contributed by atoms with E-state index >= 15 is 0 Å². The second kappa shape index (κ2) is 4.80. The minimum absolute atomic E-state index is 0.0985. The zero-order valence-electron chi connectivity index (χ0n) is 11.6. The van der Waals surface area contributed by atoms with Gasteiger partial charge in [-0.25, -0.2) is 4.98 Å². The maximum absolute atomic E-state index is 12.3. The van der Waals surface area contributed by atoms with E-state index in [0.29, 0.717) is 5.56 Å². The quantitative estimate of drug-likeness (QED) is 0.850. The van der Waals surface area contributed by atoms with Crippen molar-refractivity contribution in [2.75, 3.05) is 31.1 Å². The standard InChI is InChI=1S/C15H16N4OS/c20-13(12-2-1-4-16-8-12)19-10-15(11-19)3-6-18(9-15)14-17-5-7-21-14/h1-2,4-5,7-8H,3,6,9-11H2. The van der Waals surface area contributed by atoms with E-state index in [1.165, 1.54) is 0 Å². The third-order valence-corrected chi connectivity index (χ3v) is 5.21. The number of pyridine rings is 1. The maximum Gasteiger partial charge on any atom is 0.255 e. The predicted molar refractivity (Wildman–Crippen MR) is 81.5 cm³/mol. The van der Waals surface area contributed by atoms with Crippen molar-refractivity contribution in [3.8, 4) is 0 Å². The summed E-state index contributed by atoms with van der Waals surface area (Å²) in [7, 11) is 0. The monoisotopic (exact) mass is 300 g/mol. The molecule has 21 heavy (non-hydrogen) atoms. The van der Waals surface area contributed by atoms with Crippen LogP contribution in [0.25, 0.3) is 0 Å². The Bertz CT molecular complexity index is 637. The molecule has 0 radical (unpaired) electrons. The average molecular weight is 300 g/mol. The summed E-state index contributed by atoms with van der Waals surface area (Å²) in [6, 6.07) is 3.64. The molecule has 4 rings (SSSR count). The molecule has 108 valence electrons. The molecule has 1 amide bonds. The number of aromatic nitrogens is 2. The van der Waals surface area contributed by atoms with Crippen LogP contribution in [-0.4, -0.2) is 47.0 Å². The highest BCUT2D eigenvalue weighted by atomic mass is 32.1. The SMILES string of the molecule is O=C(c1cccnc1)N1CC2(CCN(c3nccs3)C2)C1. The van der Waals surface area contributed by atoms with Crippen molar-refractivity contribution in [2.45, 2.75) is 6.42 Å². The molecule has 0 unspecified atom stereocenters. The van der Waals surface area contributed by atoms with E-state index in [-0.39, 0.29) is 11.3 Å². The Morgan fingerprint density at radius 3 is 2.90 bits per heavy atom. The summed E-state index contributed by atoms with van der Waals surface area (Å²) in [4.78, 5) is 25.0. The number of anilines is 1. The van der Waals surface area contributed by atoms with Gasteiger partial charge in [-0.1, -0.05) is 0 Å². The van der Waals surface area contributed by atoms with Gasteiger partial charge < -0.3 is 9.80 Å². The van der Waals surface area contributed by atoms with Gasteiger partial charge >= 0.3 is 0 Å². The molecule has 0 saturated carbocycles. The van der Waals surface area contributed by atoms with Crippen LogP contribution >= 0.6 is 11.3 Å². The summed E-state index contributed by atoms with van der Waals surface area (Å²) in [5, 5.41) is 3.11. The molecule has 2 fully saturated rings. The van der Waals surface area contributed by atoms with Crippen molar-refractivity contribution in [3.63, 3.8) is 0 Å². The summed E-state index contributed by atoms with van der Waals surface area (Å²) in [5.41, 5.74) is 0.950. The summed E-state index contributed by atoms with van der Waals surface area (Å²) in [6.07, 6.45) is 6.33. The third kappa shape index (κ3) is 2.19. The van der Waals surface area contributed by atoms with E-state index in [9.17, 15) is 4.79 Å². The Kier molecular flexibility index (Phi) is 2.92. The Balaban J connectivity index is 1.40. The fourth-order valence-corrected chi connectivity index (χ4v) is 3.98. The lowest BCUT2D eigenvalue weighted by Crippen LogP contribution is -2.59. The van der Waals surface area contributed by atoms with Gasteiger partial charge in [-0.3, -0.25) is 9.78 Å². The highest BCUT2D eigenvalue weighted by Crippen LogP contribution is 2.41. The molecule has 5 nitrogen and oxygen atoms in total. The minimum Gasteiger partial charge on any atom is -0.347 e. The van der Waals surface area contributed by atoms with E-state index in [1.54, 1.807) is 23.7 Å². The Morgan fingerprint density at radius 2 is 2.19 bits per heavy atom. The topological polar surface area (TPSA) is 49.3 Å². The largest absolute Gasteiger partial charge is 0.347 e. The Hall–Kier alpha value is -1.95. The summed E-state index contributed by atoms with van der Waals surface area (Å²) < 4.78 is 0. The van der Waals surface area contributed by atoms with Crippen molar-refractivity contribution in [2.24, 2.45) is 5.41 Å². The molecule has 0 atom stereocenters. The molecule has 0 N–H and O–H groups in total. The van der Waals surface area contributed by atoms with E-state index < -0.39 is 0 Å². The number of carbonyl (C=O) groups is 1. The fraction of sp³-hybridized carbons (Fsp3) is 0.400. The van der Waals surface area contributed by atoms with Crippen molar-refractivity contribution >= 4 is 22.4 Å². The van der Waals surface area contributed by atoms with Crippen LogP contribution in [0.5, 0.6) is 0 Å². The molecule has 2 aromatic rings. The molecule has 4 heterocycles. The summed E-state index contributed by atoms with van der Waals surface area (Å²) in [6.45, 7) is 3.75. The zero-order valence-corrected chi connectivity index (χ0v) is 12.4. The number of rotatable bonds is 2. The Morgan fingerprint density at radius 1 is 1.29 bits per heavy atom. The maximum atomic E-state index is 12.3. The molecule has 0 bridgehead atoms. The van der Waals surface area contributed by atoms with Crippen molar-refractivity contribution in [3.05, 3.63) is 41.7 Å². The number of nitrogens with zero attached hydrogens (tertiary/aromatic N) is 4. The minimum atomic E-state index is 0.0985. The normalized spacial score (nSPS) is 19.8. The first kappa shape index (κ1) is 12.8. The lowest BCUT2D eigenvalue weighted by molar-refractivity contribution is 0.0167. The molecular formula is C15H16N4OS. The van der Waals surface area contributed by atoms with Crippen LogP contribution in [-0.2, 0) is 0 Å².